The van der Waals surface area contributed by atoms with Gasteiger partial charge in [0.15, 0.2) is 5.96 Å². The lowest BCUT2D eigenvalue weighted by Crippen LogP contribution is -2.42. The molecule has 2 N–H and O–H groups in total. The van der Waals surface area contributed by atoms with Gasteiger partial charge in [-0.2, -0.15) is 0 Å². The average Bonchev–Trinajstić information content (AvgIpc) is 3.02. The standard InChI is InChI=1S/C20H39N5O.HI/c1-2-21-20(23-13-18-24-14-7-3-4-8-15-24)22-12-10-17-25-16-9-5-6-11-19(25)26;/h2-18H2,1H3,(H2,21,22,23);1H. The maximum absolute atomic E-state index is 12.0. The van der Waals surface area contributed by atoms with Gasteiger partial charge in [0.2, 0.25) is 5.91 Å². The SMILES string of the molecule is CCNC(=NCCCN1CCCCCC1=O)NCCN1CCCCCC1.I. The summed E-state index contributed by atoms with van der Waals surface area (Å²) in [4.78, 5) is 21.3. The summed E-state index contributed by atoms with van der Waals surface area (Å²) in [6.45, 7) is 10.0. The quantitative estimate of drug-likeness (QED) is 0.236. The molecule has 2 saturated heterocycles. The third-order valence-corrected chi connectivity index (χ3v) is 5.29. The van der Waals surface area contributed by atoms with Crippen molar-refractivity contribution in [3.05, 3.63) is 0 Å². The first kappa shape index (κ1) is 24.5. The molecule has 2 fully saturated rings. The number of amides is 1. The Labute approximate surface area is 182 Å². The predicted molar refractivity (Wildman–Crippen MR) is 124 cm³/mol. The van der Waals surface area contributed by atoms with E-state index >= 15 is 0 Å². The van der Waals surface area contributed by atoms with Gasteiger partial charge in [0.05, 0.1) is 0 Å². The van der Waals surface area contributed by atoms with E-state index in [0.29, 0.717) is 5.91 Å². The molecule has 27 heavy (non-hydrogen) atoms. The molecular weight excluding hydrogens is 453 g/mol. The van der Waals surface area contributed by atoms with Gasteiger partial charge in [0.25, 0.3) is 0 Å². The van der Waals surface area contributed by atoms with Crippen molar-refractivity contribution in [3.63, 3.8) is 0 Å². The number of aliphatic imine (C=N–C) groups is 1. The number of likely N-dealkylation sites (tertiary alicyclic amines) is 2. The van der Waals surface area contributed by atoms with Crippen LogP contribution in [0.1, 0.15) is 64.7 Å². The number of carbonyl (C=O) groups excluding carboxylic acids is 1. The van der Waals surface area contributed by atoms with Gasteiger partial charge in [-0.15, -0.1) is 24.0 Å². The van der Waals surface area contributed by atoms with Crippen LogP contribution in [0, 0.1) is 0 Å². The second-order valence-electron chi connectivity index (χ2n) is 7.49. The van der Waals surface area contributed by atoms with Gasteiger partial charge in [-0.3, -0.25) is 9.79 Å². The minimum Gasteiger partial charge on any atom is -0.357 e. The monoisotopic (exact) mass is 493 g/mol. The van der Waals surface area contributed by atoms with Crippen molar-refractivity contribution in [2.75, 3.05) is 52.4 Å². The van der Waals surface area contributed by atoms with E-state index in [0.717, 1.165) is 70.9 Å². The van der Waals surface area contributed by atoms with E-state index in [1.807, 2.05) is 4.90 Å². The van der Waals surface area contributed by atoms with Crippen LogP contribution in [0.2, 0.25) is 0 Å². The molecule has 2 rings (SSSR count). The molecule has 0 unspecified atom stereocenters. The summed E-state index contributed by atoms with van der Waals surface area (Å²) in [7, 11) is 0. The molecule has 0 aliphatic carbocycles. The molecule has 0 bridgehead atoms. The summed E-state index contributed by atoms with van der Waals surface area (Å²) < 4.78 is 0. The Morgan fingerprint density at radius 3 is 2.41 bits per heavy atom. The molecule has 2 aliphatic rings. The molecule has 0 atom stereocenters. The number of hydrogen-bond donors (Lipinski definition) is 2. The first-order valence-corrected chi connectivity index (χ1v) is 10.8. The van der Waals surface area contributed by atoms with Crippen LogP contribution in [0.5, 0.6) is 0 Å². The van der Waals surface area contributed by atoms with Crippen molar-refractivity contribution >= 4 is 35.8 Å². The minimum atomic E-state index is 0. The Hall–Kier alpha value is -0.570. The Morgan fingerprint density at radius 1 is 0.963 bits per heavy atom. The van der Waals surface area contributed by atoms with Crippen LogP contribution in [-0.2, 0) is 4.79 Å². The predicted octanol–water partition coefficient (Wildman–Crippen LogP) is 2.83. The van der Waals surface area contributed by atoms with Crippen molar-refractivity contribution in [3.8, 4) is 0 Å². The van der Waals surface area contributed by atoms with E-state index in [9.17, 15) is 4.79 Å². The molecule has 6 nitrogen and oxygen atoms in total. The zero-order valence-electron chi connectivity index (χ0n) is 17.2. The summed E-state index contributed by atoms with van der Waals surface area (Å²) in [6, 6.07) is 0. The number of halogens is 1. The maximum atomic E-state index is 12.0. The smallest absolute Gasteiger partial charge is 0.222 e. The third-order valence-electron chi connectivity index (χ3n) is 5.29. The molecule has 0 spiro atoms. The number of carbonyl (C=O) groups is 1. The second kappa shape index (κ2) is 15.4. The number of hydrogen-bond acceptors (Lipinski definition) is 3. The van der Waals surface area contributed by atoms with Gasteiger partial charge < -0.3 is 20.4 Å². The van der Waals surface area contributed by atoms with Crippen LogP contribution < -0.4 is 10.6 Å². The van der Waals surface area contributed by atoms with E-state index in [1.54, 1.807) is 0 Å². The van der Waals surface area contributed by atoms with Crippen LogP contribution in [0.25, 0.3) is 0 Å². The molecule has 0 aromatic rings. The molecule has 2 heterocycles. The lowest BCUT2D eigenvalue weighted by molar-refractivity contribution is -0.130. The minimum absolute atomic E-state index is 0. The Kier molecular flexibility index (Phi) is 13.9. The highest BCUT2D eigenvalue weighted by Gasteiger charge is 2.15. The molecule has 1 amide bonds. The summed E-state index contributed by atoms with van der Waals surface area (Å²) in [6.07, 6.45) is 10.5. The summed E-state index contributed by atoms with van der Waals surface area (Å²) in [5, 5.41) is 6.79. The summed E-state index contributed by atoms with van der Waals surface area (Å²) in [5.74, 6) is 1.23. The van der Waals surface area contributed by atoms with Gasteiger partial charge >= 0.3 is 0 Å². The average molecular weight is 493 g/mol. The van der Waals surface area contributed by atoms with Gasteiger partial charge in [-0.05, 0) is 52.1 Å². The van der Waals surface area contributed by atoms with Crippen LogP contribution in [0.15, 0.2) is 4.99 Å². The Bertz CT molecular complexity index is 425. The summed E-state index contributed by atoms with van der Waals surface area (Å²) >= 11 is 0. The lowest BCUT2D eigenvalue weighted by Gasteiger charge is -2.21. The number of nitrogens with zero attached hydrogens (tertiary/aromatic N) is 3. The largest absolute Gasteiger partial charge is 0.357 e. The first-order valence-electron chi connectivity index (χ1n) is 10.8. The van der Waals surface area contributed by atoms with Crippen molar-refractivity contribution in [1.82, 2.24) is 20.4 Å². The van der Waals surface area contributed by atoms with Crippen LogP contribution in [0.3, 0.4) is 0 Å². The Balaban J connectivity index is 0.00000364. The van der Waals surface area contributed by atoms with Crippen LogP contribution >= 0.6 is 24.0 Å². The lowest BCUT2D eigenvalue weighted by atomic mass is 10.2. The number of rotatable bonds is 8. The van der Waals surface area contributed by atoms with Crippen molar-refractivity contribution < 1.29 is 4.79 Å². The third kappa shape index (κ3) is 10.5. The molecule has 0 saturated carbocycles. The highest BCUT2D eigenvalue weighted by Crippen LogP contribution is 2.11. The van der Waals surface area contributed by atoms with E-state index in [-0.39, 0.29) is 24.0 Å². The van der Waals surface area contributed by atoms with Gasteiger partial charge in [0.1, 0.15) is 0 Å². The molecule has 0 aromatic carbocycles. The fraction of sp³-hybridized carbons (Fsp3) is 0.900. The topological polar surface area (TPSA) is 60.0 Å². The molecular formula is C20H40IN5O. The molecule has 0 aromatic heterocycles. The maximum Gasteiger partial charge on any atom is 0.222 e. The highest BCUT2D eigenvalue weighted by molar-refractivity contribution is 14.0. The molecule has 0 radical (unpaired) electrons. The highest BCUT2D eigenvalue weighted by atomic mass is 127. The number of guanidine groups is 1. The first-order chi connectivity index (χ1) is 12.8. The van der Waals surface area contributed by atoms with E-state index in [4.69, 9.17) is 0 Å². The van der Waals surface area contributed by atoms with E-state index in [1.165, 1.54) is 45.2 Å². The fourth-order valence-corrected chi connectivity index (χ4v) is 3.76. The van der Waals surface area contributed by atoms with Gasteiger partial charge in [0, 0.05) is 45.7 Å². The molecule has 7 heteroatoms. The molecule has 2 aliphatic heterocycles. The van der Waals surface area contributed by atoms with Crippen LogP contribution in [-0.4, -0.2) is 74.0 Å². The number of nitrogens with one attached hydrogen (secondary N) is 2. The normalized spacial score (nSPS) is 19.8. The zero-order valence-corrected chi connectivity index (χ0v) is 19.5. The van der Waals surface area contributed by atoms with Gasteiger partial charge in [-0.1, -0.05) is 19.3 Å². The summed E-state index contributed by atoms with van der Waals surface area (Å²) in [5.41, 5.74) is 0. The van der Waals surface area contributed by atoms with E-state index < -0.39 is 0 Å². The Morgan fingerprint density at radius 2 is 1.67 bits per heavy atom. The fourth-order valence-electron chi connectivity index (χ4n) is 3.76. The van der Waals surface area contributed by atoms with Crippen molar-refractivity contribution in [2.45, 2.75) is 64.7 Å². The van der Waals surface area contributed by atoms with Crippen molar-refractivity contribution in [2.24, 2.45) is 4.99 Å². The zero-order chi connectivity index (χ0) is 18.5. The van der Waals surface area contributed by atoms with Crippen molar-refractivity contribution in [1.29, 1.82) is 0 Å². The van der Waals surface area contributed by atoms with Crippen LogP contribution in [0.4, 0.5) is 0 Å². The van der Waals surface area contributed by atoms with E-state index in [2.05, 4.69) is 27.4 Å². The van der Waals surface area contributed by atoms with Gasteiger partial charge in [-0.25, -0.2) is 0 Å². The molecule has 158 valence electrons. The second-order valence-corrected chi connectivity index (χ2v) is 7.49.